The van der Waals surface area contributed by atoms with Gasteiger partial charge < -0.3 is 9.84 Å². The Morgan fingerprint density at radius 2 is 1.48 bits per heavy atom. The van der Waals surface area contributed by atoms with Crippen LogP contribution in [0.5, 0.6) is 0 Å². The van der Waals surface area contributed by atoms with E-state index in [0.717, 1.165) is 25.7 Å². The van der Waals surface area contributed by atoms with E-state index in [0.29, 0.717) is 24.4 Å². The van der Waals surface area contributed by atoms with Crippen molar-refractivity contribution in [2.24, 2.45) is 0 Å². The predicted octanol–water partition coefficient (Wildman–Crippen LogP) is 4.01. The van der Waals surface area contributed by atoms with E-state index in [1.165, 1.54) is 0 Å². The zero-order chi connectivity index (χ0) is 17.3. The average molecular weight is 321 g/mol. The number of aliphatic hydroxyl groups is 1. The van der Waals surface area contributed by atoms with Crippen LogP contribution < -0.4 is 0 Å². The highest BCUT2D eigenvalue weighted by Gasteiger charge is 2.00. The first-order valence-electron chi connectivity index (χ1n) is 7.03. The van der Waals surface area contributed by atoms with Gasteiger partial charge in [-0.2, -0.15) is 0 Å². The molecule has 0 radical (unpaired) electrons. The Kier molecular flexibility index (Phi) is 22.3. The van der Waals surface area contributed by atoms with Crippen molar-refractivity contribution in [2.45, 2.75) is 53.4 Å². The third kappa shape index (κ3) is 27.9. The molecule has 1 N–H and O–H groups in total. The Hall–Kier alpha value is -1.13. The third-order valence-electron chi connectivity index (χ3n) is 1.93. The summed E-state index contributed by atoms with van der Waals surface area (Å²) in [5, 5.41) is 7.60. The number of halogens is 1. The number of carbonyl (C=O) groups excluding carboxylic acids is 2. The standard InChI is InChI=1S/C8H14O2.C4H5ClO.C4H10O/c1-4-5-6-10-8(9)7(2)3;1-3(2)4(5)6;1-2-3-4-5/h2,4-6H2,1,3H3;1H2,2H3;5H,2-4H2,1H3. The highest BCUT2D eigenvalue weighted by atomic mass is 35.5. The molecule has 0 unspecified atom stereocenters. The molecule has 0 saturated heterocycles. The lowest BCUT2D eigenvalue weighted by atomic mass is 10.3. The second-order valence-electron chi connectivity index (χ2n) is 4.40. The van der Waals surface area contributed by atoms with Gasteiger partial charge in [-0.3, -0.25) is 4.79 Å². The van der Waals surface area contributed by atoms with Gasteiger partial charge >= 0.3 is 5.97 Å². The third-order valence-corrected chi connectivity index (χ3v) is 2.25. The topological polar surface area (TPSA) is 63.6 Å². The Morgan fingerprint density at radius 3 is 1.67 bits per heavy atom. The summed E-state index contributed by atoms with van der Waals surface area (Å²) in [6, 6.07) is 0. The summed E-state index contributed by atoms with van der Waals surface area (Å²) < 4.78 is 4.81. The van der Waals surface area contributed by atoms with E-state index in [2.05, 4.69) is 27.0 Å². The number of aliphatic hydroxyl groups excluding tert-OH is 1. The summed E-state index contributed by atoms with van der Waals surface area (Å²) in [6.45, 7) is 14.9. The molecule has 0 aromatic carbocycles. The maximum absolute atomic E-state index is 10.7. The van der Waals surface area contributed by atoms with E-state index in [9.17, 15) is 9.59 Å². The van der Waals surface area contributed by atoms with Crippen molar-refractivity contribution < 1.29 is 19.4 Å². The maximum Gasteiger partial charge on any atom is 0.333 e. The van der Waals surface area contributed by atoms with E-state index < -0.39 is 5.24 Å². The molecule has 124 valence electrons. The number of hydrogen-bond acceptors (Lipinski definition) is 4. The summed E-state index contributed by atoms with van der Waals surface area (Å²) in [5.74, 6) is -0.284. The maximum atomic E-state index is 10.7. The van der Waals surface area contributed by atoms with E-state index >= 15 is 0 Å². The van der Waals surface area contributed by atoms with Crippen molar-refractivity contribution in [3.63, 3.8) is 0 Å². The van der Waals surface area contributed by atoms with Gasteiger partial charge in [0, 0.05) is 17.8 Å². The molecular weight excluding hydrogens is 292 g/mol. The van der Waals surface area contributed by atoms with Crippen LogP contribution in [0.1, 0.15) is 53.4 Å². The van der Waals surface area contributed by atoms with Gasteiger partial charge in [0.25, 0.3) is 0 Å². The molecule has 0 atom stereocenters. The summed E-state index contributed by atoms with van der Waals surface area (Å²) in [6.07, 6.45) is 4.01. The van der Waals surface area contributed by atoms with Crippen molar-refractivity contribution in [1.82, 2.24) is 0 Å². The van der Waals surface area contributed by atoms with Crippen LogP contribution in [0.3, 0.4) is 0 Å². The molecule has 0 rings (SSSR count). The molecule has 4 nitrogen and oxygen atoms in total. The zero-order valence-corrected chi connectivity index (χ0v) is 14.5. The van der Waals surface area contributed by atoms with Gasteiger partial charge in [-0.15, -0.1) is 0 Å². The molecule has 0 saturated carbocycles. The van der Waals surface area contributed by atoms with Gasteiger partial charge in [0.1, 0.15) is 0 Å². The summed E-state index contributed by atoms with van der Waals surface area (Å²) in [4.78, 5) is 20.5. The molecule has 0 aliphatic heterocycles. The molecule has 0 fully saturated rings. The first-order valence-corrected chi connectivity index (χ1v) is 7.41. The quantitative estimate of drug-likeness (QED) is 0.333. The Bertz CT molecular complexity index is 297. The van der Waals surface area contributed by atoms with Crippen molar-refractivity contribution in [1.29, 1.82) is 0 Å². The Labute approximate surface area is 133 Å². The number of hydrogen-bond donors (Lipinski definition) is 1. The number of allylic oxidation sites excluding steroid dienone is 1. The first-order chi connectivity index (χ1) is 9.74. The predicted molar refractivity (Wildman–Crippen MR) is 88.3 cm³/mol. The summed E-state index contributed by atoms with van der Waals surface area (Å²) >= 11 is 4.87. The van der Waals surface area contributed by atoms with E-state index in [4.69, 9.17) is 21.4 Å². The molecule has 0 amide bonds. The molecule has 0 aromatic heterocycles. The van der Waals surface area contributed by atoms with Crippen LogP contribution in [0.15, 0.2) is 24.3 Å². The van der Waals surface area contributed by atoms with E-state index in [1.54, 1.807) is 13.8 Å². The minimum Gasteiger partial charge on any atom is -0.462 e. The Morgan fingerprint density at radius 1 is 1.05 bits per heavy atom. The monoisotopic (exact) mass is 320 g/mol. The fraction of sp³-hybridized carbons (Fsp3) is 0.625. The Balaban J connectivity index is -0.000000252. The van der Waals surface area contributed by atoms with Gasteiger partial charge in [0.15, 0.2) is 0 Å². The molecule has 0 aliphatic carbocycles. The van der Waals surface area contributed by atoms with Crippen molar-refractivity contribution in [2.75, 3.05) is 13.2 Å². The van der Waals surface area contributed by atoms with Crippen LogP contribution in [0.4, 0.5) is 0 Å². The summed E-state index contributed by atoms with van der Waals surface area (Å²) in [7, 11) is 0. The molecule has 0 bridgehead atoms. The first kappa shape index (κ1) is 24.9. The minimum absolute atomic E-state index is 0.284. The lowest BCUT2D eigenvalue weighted by molar-refractivity contribution is -0.139. The van der Waals surface area contributed by atoms with E-state index in [1.807, 2.05) is 0 Å². The number of esters is 1. The number of ether oxygens (including phenoxy) is 1. The normalized spacial score (nSPS) is 8.48. The van der Waals surface area contributed by atoms with Gasteiger partial charge in [-0.05, 0) is 38.3 Å². The average Bonchev–Trinajstić information content (AvgIpc) is 2.41. The molecule has 0 aliphatic rings. The molecule has 0 heterocycles. The van der Waals surface area contributed by atoms with Gasteiger partial charge in [0.05, 0.1) is 6.61 Å². The van der Waals surface area contributed by atoms with Crippen molar-refractivity contribution >= 4 is 22.8 Å². The van der Waals surface area contributed by atoms with Crippen LogP contribution >= 0.6 is 11.6 Å². The van der Waals surface area contributed by atoms with Gasteiger partial charge in [0.2, 0.25) is 5.24 Å². The smallest absolute Gasteiger partial charge is 0.333 e. The van der Waals surface area contributed by atoms with Gasteiger partial charge in [-0.25, -0.2) is 4.79 Å². The molecule has 0 aromatic rings. The molecule has 21 heavy (non-hydrogen) atoms. The van der Waals surface area contributed by atoms with Crippen molar-refractivity contribution in [3.05, 3.63) is 24.3 Å². The molecule has 5 heteroatoms. The lowest BCUT2D eigenvalue weighted by Gasteiger charge is -2.01. The largest absolute Gasteiger partial charge is 0.462 e. The minimum atomic E-state index is -0.463. The fourth-order valence-electron chi connectivity index (χ4n) is 0.591. The van der Waals surface area contributed by atoms with Crippen LogP contribution in [-0.2, 0) is 14.3 Å². The number of unbranched alkanes of at least 4 members (excludes halogenated alkanes) is 2. The number of carbonyl (C=O) groups is 2. The summed E-state index contributed by atoms with van der Waals surface area (Å²) in [5.41, 5.74) is 0.854. The molecular formula is C16H29ClO4. The van der Waals surface area contributed by atoms with Crippen LogP contribution in [-0.4, -0.2) is 29.5 Å². The van der Waals surface area contributed by atoms with Crippen molar-refractivity contribution in [3.8, 4) is 0 Å². The van der Waals surface area contributed by atoms with E-state index in [-0.39, 0.29) is 5.97 Å². The second-order valence-corrected chi connectivity index (χ2v) is 4.74. The van der Waals surface area contributed by atoms with Gasteiger partial charge in [-0.1, -0.05) is 39.8 Å². The second kappa shape index (κ2) is 18.9. The number of rotatable bonds is 7. The van der Waals surface area contributed by atoms with Crippen LogP contribution in [0.2, 0.25) is 0 Å². The lowest BCUT2D eigenvalue weighted by Crippen LogP contribution is -2.05. The zero-order valence-electron chi connectivity index (χ0n) is 13.7. The highest BCUT2D eigenvalue weighted by Crippen LogP contribution is 1.94. The molecule has 0 spiro atoms. The van der Waals surface area contributed by atoms with Crippen LogP contribution in [0, 0.1) is 0 Å². The fourth-order valence-corrected chi connectivity index (χ4v) is 0.591. The highest BCUT2D eigenvalue weighted by molar-refractivity contribution is 6.67. The van der Waals surface area contributed by atoms with Crippen LogP contribution in [0.25, 0.3) is 0 Å². The SMILES string of the molecule is C=C(C)C(=O)Cl.C=C(C)C(=O)OCCCC.CCCCO.